The lowest BCUT2D eigenvalue weighted by atomic mass is 9.78. The van der Waals surface area contributed by atoms with E-state index in [2.05, 4.69) is 38.0 Å². The second-order valence-corrected chi connectivity index (χ2v) is 5.84. The Bertz CT molecular complexity index is 185. The van der Waals surface area contributed by atoms with Crippen LogP contribution in [0, 0.1) is 11.3 Å². The smallest absolute Gasteiger partial charge is 0.00471 e. The summed E-state index contributed by atoms with van der Waals surface area (Å²) in [4.78, 5) is 2.55. The second-order valence-electron chi connectivity index (χ2n) is 5.84. The quantitative estimate of drug-likeness (QED) is 0.749. The van der Waals surface area contributed by atoms with E-state index in [-0.39, 0.29) is 0 Å². The van der Waals surface area contributed by atoms with Gasteiger partial charge in [0.15, 0.2) is 0 Å². The highest BCUT2D eigenvalue weighted by molar-refractivity contribution is 4.86. The van der Waals surface area contributed by atoms with Crippen molar-refractivity contribution in [1.29, 1.82) is 0 Å². The molecule has 2 nitrogen and oxygen atoms in total. The van der Waals surface area contributed by atoms with E-state index >= 15 is 0 Å². The number of hydrogen-bond acceptors (Lipinski definition) is 2. The lowest BCUT2D eigenvalue weighted by Gasteiger charge is -2.40. The minimum atomic E-state index is 0.542. The van der Waals surface area contributed by atoms with E-state index in [9.17, 15) is 0 Å². The van der Waals surface area contributed by atoms with E-state index in [4.69, 9.17) is 0 Å². The molecule has 0 aromatic heterocycles. The summed E-state index contributed by atoms with van der Waals surface area (Å²) in [6.07, 6.45) is 5.36. The SMILES string of the molecule is CCC(C)CN(C)CC1(CC)CCCNC1. The number of rotatable bonds is 6. The van der Waals surface area contributed by atoms with Gasteiger partial charge in [-0.15, -0.1) is 0 Å². The molecule has 1 fully saturated rings. The molecule has 2 atom stereocenters. The van der Waals surface area contributed by atoms with Gasteiger partial charge in [0.05, 0.1) is 0 Å². The largest absolute Gasteiger partial charge is 0.316 e. The average Bonchev–Trinajstić information content (AvgIpc) is 2.29. The minimum absolute atomic E-state index is 0.542. The molecule has 0 saturated carbocycles. The molecule has 0 aromatic carbocycles. The van der Waals surface area contributed by atoms with Gasteiger partial charge in [0.2, 0.25) is 0 Å². The summed E-state index contributed by atoms with van der Waals surface area (Å²) in [5, 5.41) is 3.57. The fourth-order valence-corrected chi connectivity index (χ4v) is 2.88. The van der Waals surface area contributed by atoms with Crippen LogP contribution in [0.5, 0.6) is 0 Å². The molecule has 0 bridgehead atoms. The molecule has 1 rings (SSSR count). The molecule has 1 aliphatic rings. The number of piperidine rings is 1. The molecular formula is C14H30N2. The van der Waals surface area contributed by atoms with Crippen LogP contribution in [-0.4, -0.2) is 38.1 Å². The molecule has 16 heavy (non-hydrogen) atoms. The van der Waals surface area contributed by atoms with Crippen molar-refractivity contribution in [3.05, 3.63) is 0 Å². The Hall–Kier alpha value is -0.0800. The molecule has 1 N–H and O–H groups in total. The maximum Gasteiger partial charge on any atom is 0.00471 e. The zero-order chi connectivity index (χ0) is 12.0. The van der Waals surface area contributed by atoms with Crippen LogP contribution in [-0.2, 0) is 0 Å². The molecule has 2 unspecified atom stereocenters. The minimum Gasteiger partial charge on any atom is -0.316 e. The Morgan fingerprint density at radius 3 is 2.62 bits per heavy atom. The third kappa shape index (κ3) is 4.06. The molecule has 0 spiro atoms. The van der Waals surface area contributed by atoms with Crippen molar-refractivity contribution in [3.8, 4) is 0 Å². The van der Waals surface area contributed by atoms with Crippen LogP contribution in [0.15, 0.2) is 0 Å². The number of hydrogen-bond donors (Lipinski definition) is 1. The van der Waals surface area contributed by atoms with E-state index in [0.29, 0.717) is 5.41 Å². The summed E-state index contributed by atoms with van der Waals surface area (Å²) in [6.45, 7) is 11.9. The Morgan fingerprint density at radius 2 is 2.12 bits per heavy atom. The Morgan fingerprint density at radius 1 is 1.38 bits per heavy atom. The molecule has 0 aromatic rings. The topological polar surface area (TPSA) is 15.3 Å². The fraction of sp³-hybridized carbons (Fsp3) is 1.00. The van der Waals surface area contributed by atoms with Crippen LogP contribution in [0.3, 0.4) is 0 Å². The molecule has 0 radical (unpaired) electrons. The van der Waals surface area contributed by atoms with Gasteiger partial charge < -0.3 is 10.2 Å². The highest BCUT2D eigenvalue weighted by Gasteiger charge is 2.31. The van der Waals surface area contributed by atoms with Gasteiger partial charge in [-0.25, -0.2) is 0 Å². The van der Waals surface area contributed by atoms with E-state index < -0.39 is 0 Å². The van der Waals surface area contributed by atoms with Gasteiger partial charge in [0.25, 0.3) is 0 Å². The van der Waals surface area contributed by atoms with Gasteiger partial charge in [0, 0.05) is 19.6 Å². The van der Waals surface area contributed by atoms with E-state index in [1.807, 2.05) is 0 Å². The third-order valence-electron chi connectivity index (χ3n) is 4.24. The molecule has 2 heteroatoms. The van der Waals surface area contributed by atoms with Crippen molar-refractivity contribution < 1.29 is 0 Å². The maximum absolute atomic E-state index is 3.57. The summed E-state index contributed by atoms with van der Waals surface area (Å²) in [5.41, 5.74) is 0.542. The summed E-state index contributed by atoms with van der Waals surface area (Å²) in [7, 11) is 2.29. The first-order valence-corrected chi connectivity index (χ1v) is 7.01. The van der Waals surface area contributed by atoms with Gasteiger partial charge in [-0.3, -0.25) is 0 Å². The van der Waals surface area contributed by atoms with Crippen molar-refractivity contribution in [2.45, 2.75) is 46.5 Å². The van der Waals surface area contributed by atoms with Crippen molar-refractivity contribution >= 4 is 0 Å². The molecule has 1 heterocycles. The van der Waals surface area contributed by atoms with E-state index in [1.54, 1.807) is 0 Å². The maximum atomic E-state index is 3.57. The highest BCUT2D eigenvalue weighted by Crippen LogP contribution is 2.30. The number of nitrogens with zero attached hydrogens (tertiary/aromatic N) is 1. The molecule has 1 saturated heterocycles. The molecule has 0 amide bonds. The van der Waals surface area contributed by atoms with Crippen LogP contribution in [0.4, 0.5) is 0 Å². The monoisotopic (exact) mass is 226 g/mol. The van der Waals surface area contributed by atoms with Crippen molar-refractivity contribution in [2.75, 3.05) is 33.2 Å². The molecule has 1 aliphatic heterocycles. The van der Waals surface area contributed by atoms with Crippen LogP contribution in [0.1, 0.15) is 46.5 Å². The normalized spacial score (nSPS) is 28.3. The van der Waals surface area contributed by atoms with Gasteiger partial charge >= 0.3 is 0 Å². The lowest BCUT2D eigenvalue weighted by Crippen LogP contribution is -2.47. The van der Waals surface area contributed by atoms with Crippen LogP contribution < -0.4 is 5.32 Å². The summed E-state index contributed by atoms with van der Waals surface area (Å²) in [5.74, 6) is 0.829. The summed E-state index contributed by atoms with van der Waals surface area (Å²) in [6, 6.07) is 0. The zero-order valence-electron chi connectivity index (χ0n) is 11.7. The van der Waals surface area contributed by atoms with Gasteiger partial charge in [-0.2, -0.15) is 0 Å². The first-order valence-electron chi connectivity index (χ1n) is 7.01. The van der Waals surface area contributed by atoms with E-state index in [0.717, 1.165) is 5.92 Å². The first-order chi connectivity index (χ1) is 7.62. The van der Waals surface area contributed by atoms with Gasteiger partial charge in [-0.1, -0.05) is 27.2 Å². The lowest BCUT2D eigenvalue weighted by molar-refractivity contribution is 0.119. The standard InChI is InChI=1S/C14H30N2/c1-5-13(3)10-16(4)12-14(6-2)8-7-9-15-11-14/h13,15H,5-12H2,1-4H3. The van der Waals surface area contributed by atoms with Crippen LogP contribution in [0.25, 0.3) is 0 Å². The average molecular weight is 226 g/mol. The zero-order valence-corrected chi connectivity index (χ0v) is 11.7. The Labute approximate surface area is 102 Å². The van der Waals surface area contributed by atoms with Gasteiger partial charge in [-0.05, 0) is 44.2 Å². The Balaban J connectivity index is 2.42. The molecule has 0 aliphatic carbocycles. The summed E-state index contributed by atoms with van der Waals surface area (Å²) >= 11 is 0. The van der Waals surface area contributed by atoms with Gasteiger partial charge in [0.1, 0.15) is 0 Å². The highest BCUT2D eigenvalue weighted by atomic mass is 15.1. The molecule has 96 valence electrons. The summed E-state index contributed by atoms with van der Waals surface area (Å²) < 4.78 is 0. The predicted molar refractivity (Wildman–Crippen MR) is 71.8 cm³/mol. The number of nitrogens with one attached hydrogen (secondary N) is 1. The molecular weight excluding hydrogens is 196 g/mol. The van der Waals surface area contributed by atoms with Crippen molar-refractivity contribution in [1.82, 2.24) is 10.2 Å². The third-order valence-corrected chi connectivity index (χ3v) is 4.24. The predicted octanol–water partition coefficient (Wildman–Crippen LogP) is 2.74. The van der Waals surface area contributed by atoms with Crippen LogP contribution in [0.2, 0.25) is 0 Å². The second kappa shape index (κ2) is 6.61. The first kappa shape index (κ1) is 14.0. The van der Waals surface area contributed by atoms with Crippen LogP contribution >= 0.6 is 0 Å². The fourth-order valence-electron chi connectivity index (χ4n) is 2.88. The van der Waals surface area contributed by atoms with E-state index in [1.165, 1.54) is 51.9 Å². The van der Waals surface area contributed by atoms with Crippen molar-refractivity contribution in [3.63, 3.8) is 0 Å². The van der Waals surface area contributed by atoms with Crippen molar-refractivity contribution in [2.24, 2.45) is 11.3 Å². The Kier molecular flexibility index (Phi) is 5.77.